The van der Waals surface area contributed by atoms with E-state index in [-0.39, 0.29) is 16.9 Å². The van der Waals surface area contributed by atoms with Crippen LogP contribution in [0.4, 0.5) is 11.8 Å². The van der Waals surface area contributed by atoms with Crippen LogP contribution in [0.25, 0.3) is 11.3 Å². The second kappa shape index (κ2) is 6.37. The first kappa shape index (κ1) is 16.7. The minimum absolute atomic E-state index is 0.167. The number of nitrogen functional groups attached to an aromatic ring is 1. The van der Waals surface area contributed by atoms with Crippen LogP contribution in [-0.2, 0) is 9.84 Å². The van der Waals surface area contributed by atoms with Crippen molar-refractivity contribution in [3.8, 4) is 11.3 Å². The number of sulfone groups is 1. The number of piperidine rings is 1. The number of rotatable bonds is 3. The van der Waals surface area contributed by atoms with E-state index in [1.807, 2.05) is 6.07 Å². The maximum absolute atomic E-state index is 11.5. The van der Waals surface area contributed by atoms with Crippen molar-refractivity contribution in [1.82, 2.24) is 9.97 Å². The van der Waals surface area contributed by atoms with Gasteiger partial charge in [-0.1, -0.05) is 12.1 Å². The fourth-order valence-corrected chi connectivity index (χ4v) is 3.36. The zero-order valence-electron chi connectivity index (χ0n) is 13.4. The summed E-state index contributed by atoms with van der Waals surface area (Å²) in [6, 6.07) is 8.37. The van der Waals surface area contributed by atoms with Gasteiger partial charge in [-0.2, -0.15) is 4.98 Å². The van der Waals surface area contributed by atoms with E-state index in [0.717, 1.165) is 11.4 Å². The summed E-state index contributed by atoms with van der Waals surface area (Å²) in [5.41, 5.74) is 7.25. The van der Waals surface area contributed by atoms with E-state index in [4.69, 9.17) is 5.73 Å². The predicted molar refractivity (Wildman–Crippen MR) is 92.4 cm³/mol. The van der Waals surface area contributed by atoms with Gasteiger partial charge in [-0.15, -0.1) is 0 Å². The van der Waals surface area contributed by atoms with Gasteiger partial charge >= 0.3 is 0 Å². The summed E-state index contributed by atoms with van der Waals surface area (Å²) in [5.74, 6) is 0.886. The molecule has 0 saturated carbocycles. The summed E-state index contributed by atoms with van der Waals surface area (Å²) < 4.78 is 23.1. The topological polar surface area (TPSA) is 109 Å². The molecule has 7 nitrogen and oxygen atoms in total. The molecule has 128 valence electrons. The van der Waals surface area contributed by atoms with Crippen molar-refractivity contribution in [3.05, 3.63) is 30.3 Å². The van der Waals surface area contributed by atoms with Crippen molar-refractivity contribution in [2.24, 2.45) is 0 Å². The van der Waals surface area contributed by atoms with Gasteiger partial charge in [-0.05, 0) is 25.0 Å². The number of hydrogen-bond donors (Lipinski definition) is 2. The highest BCUT2D eigenvalue weighted by Gasteiger charge is 2.19. The molecule has 0 atom stereocenters. The van der Waals surface area contributed by atoms with E-state index >= 15 is 0 Å². The fraction of sp³-hybridized carbons (Fsp3) is 0.375. The Kier molecular flexibility index (Phi) is 4.42. The smallest absolute Gasteiger partial charge is 0.222 e. The normalized spacial score (nSPS) is 16.3. The molecule has 1 saturated heterocycles. The van der Waals surface area contributed by atoms with Crippen LogP contribution in [0, 0.1) is 0 Å². The average Bonchev–Trinajstić information content (AvgIpc) is 2.54. The predicted octanol–water partition coefficient (Wildman–Crippen LogP) is 1.09. The second-order valence-corrected chi connectivity index (χ2v) is 8.00. The minimum atomic E-state index is -3.23. The maximum Gasteiger partial charge on any atom is 0.222 e. The molecule has 24 heavy (non-hydrogen) atoms. The van der Waals surface area contributed by atoms with Crippen molar-refractivity contribution >= 4 is 21.6 Å². The Labute approximate surface area is 141 Å². The maximum atomic E-state index is 11.5. The van der Waals surface area contributed by atoms with Crippen LogP contribution in [-0.4, -0.2) is 48.9 Å². The van der Waals surface area contributed by atoms with Crippen molar-refractivity contribution in [2.45, 2.75) is 23.8 Å². The molecule has 0 radical (unpaired) electrons. The van der Waals surface area contributed by atoms with E-state index in [1.54, 1.807) is 24.3 Å². The lowest BCUT2D eigenvalue weighted by Gasteiger charge is -2.30. The molecule has 0 amide bonds. The van der Waals surface area contributed by atoms with Gasteiger partial charge < -0.3 is 15.7 Å². The van der Waals surface area contributed by atoms with Gasteiger partial charge in [0.25, 0.3) is 0 Å². The van der Waals surface area contributed by atoms with Crippen LogP contribution in [0.3, 0.4) is 0 Å². The monoisotopic (exact) mass is 348 g/mol. The van der Waals surface area contributed by atoms with Gasteiger partial charge in [0.15, 0.2) is 9.84 Å². The van der Waals surface area contributed by atoms with Crippen molar-refractivity contribution in [3.63, 3.8) is 0 Å². The Balaban J connectivity index is 1.91. The summed E-state index contributed by atoms with van der Waals surface area (Å²) >= 11 is 0. The molecule has 1 aromatic carbocycles. The second-order valence-electron chi connectivity index (χ2n) is 5.98. The molecule has 1 aromatic heterocycles. The molecule has 8 heteroatoms. The molecule has 0 unspecified atom stereocenters. The van der Waals surface area contributed by atoms with Gasteiger partial charge in [-0.3, -0.25) is 0 Å². The van der Waals surface area contributed by atoms with Gasteiger partial charge in [0, 0.05) is 31.0 Å². The molecule has 2 aromatic rings. The Morgan fingerprint density at radius 1 is 1.17 bits per heavy atom. The number of benzene rings is 1. The van der Waals surface area contributed by atoms with E-state index < -0.39 is 9.84 Å². The van der Waals surface area contributed by atoms with Crippen molar-refractivity contribution < 1.29 is 13.5 Å². The van der Waals surface area contributed by atoms with Crippen LogP contribution >= 0.6 is 0 Å². The van der Waals surface area contributed by atoms with Crippen molar-refractivity contribution in [1.29, 1.82) is 0 Å². The van der Waals surface area contributed by atoms with E-state index in [0.29, 0.717) is 31.6 Å². The zero-order chi connectivity index (χ0) is 17.3. The standard InChI is InChI=1S/C16H20N4O3S/c1-24(22,23)13-4-2-11(3-5-13)14-10-15(19-16(17)18-14)20-8-6-12(21)7-9-20/h2-5,10,12,21H,6-9H2,1H3,(H2,17,18,19). The third-order valence-corrected chi connectivity index (χ3v) is 5.23. The Morgan fingerprint density at radius 2 is 1.79 bits per heavy atom. The van der Waals surface area contributed by atoms with Gasteiger partial charge in [0.2, 0.25) is 5.95 Å². The summed E-state index contributed by atoms with van der Waals surface area (Å²) in [6.07, 6.45) is 2.31. The van der Waals surface area contributed by atoms with Gasteiger partial charge in [0.1, 0.15) is 5.82 Å². The molecule has 2 heterocycles. The summed E-state index contributed by atoms with van der Waals surface area (Å²) in [6.45, 7) is 1.42. The molecule has 0 bridgehead atoms. The molecular weight excluding hydrogens is 328 g/mol. The Morgan fingerprint density at radius 3 is 2.38 bits per heavy atom. The summed E-state index contributed by atoms with van der Waals surface area (Å²) in [7, 11) is -3.23. The average molecular weight is 348 g/mol. The highest BCUT2D eigenvalue weighted by molar-refractivity contribution is 7.90. The third-order valence-electron chi connectivity index (χ3n) is 4.10. The molecule has 1 aliphatic rings. The number of nitrogens with zero attached hydrogens (tertiary/aromatic N) is 3. The zero-order valence-corrected chi connectivity index (χ0v) is 14.2. The first-order valence-corrected chi connectivity index (χ1v) is 9.60. The SMILES string of the molecule is CS(=O)(=O)c1ccc(-c2cc(N3CCC(O)CC3)nc(N)n2)cc1. The molecule has 3 N–H and O–H groups in total. The molecule has 3 rings (SSSR count). The lowest BCUT2D eigenvalue weighted by atomic mass is 10.1. The minimum Gasteiger partial charge on any atom is -0.393 e. The lowest BCUT2D eigenvalue weighted by molar-refractivity contribution is 0.145. The van der Waals surface area contributed by atoms with Crippen LogP contribution in [0.2, 0.25) is 0 Å². The number of aromatic nitrogens is 2. The van der Waals surface area contributed by atoms with Crippen LogP contribution in [0.5, 0.6) is 0 Å². The first-order chi connectivity index (χ1) is 11.3. The van der Waals surface area contributed by atoms with Crippen LogP contribution in [0.1, 0.15) is 12.8 Å². The van der Waals surface area contributed by atoms with E-state index in [9.17, 15) is 13.5 Å². The largest absolute Gasteiger partial charge is 0.393 e. The van der Waals surface area contributed by atoms with E-state index in [1.165, 1.54) is 6.26 Å². The van der Waals surface area contributed by atoms with E-state index in [2.05, 4.69) is 14.9 Å². The molecule has 0 aliphatic carbocycles. The number of anilines is 2. The highest BCUT2D eigenvalue weighted by Crippen LogP contribution is 2.25. The fourth-order valence-electron chi connectivity index (χ4n) is 2.73. The molecular formula is C16H20N4O3S. The molecule has 1 aliphatic heterocycles. The molecule has 0 spiro atoms. The summed E-state index contributed by atoms with van der Waals surface area (Å²) in [5, 5.41) is 9.62. The molecule has 1 fully saturated rings. The van der Waals surface area contributed by atoms with Gasteiger partial charge in [0.05, 0.1) is 16.7 Å². The first-order valence-electron chi connectivity index (χ1n) is 7.71. The van der Waals surface area contributed by atoms with Gasteiger partial charge in [-0.25, -0.2) is 13.4 Å². The van der Waals surface area contributed by atoms with Crippen LogP contribution in [0.15, 0.2) is 35.2 Å². The Hall–Kier alpha value is -2.19. The van der Waals surface area contributed by atoms with Crippen LogP contribution < -0.4 is 10.6 Å². The van der Waals surface area contributed by atoms with Crippen molar-refractivity contribution in [2.75, 3.05) is 30.0 Å². The number of hydrogen-bond acceptors (Lipinski definition) is 7. The number of aliphatic hydroxyl groups excluding tert-OH is 1. The Bertz CT molecular complexity index is 829. The lowest BCUT2D eigenvalue weighted by Crippen LogP contribution is -2.36. The third kappa shape index (κ3) is 3.65. The quantitative estimate of drug-likeness (QED) is 0.854. The number of aliphatic hydroxyl groups is 1. The highest BCUT2D eigenvalue weighted by atomic mass is 32.2. The summed E-state index contributed by atoms with van der Waals surface area (Å²) in [4.78, 5) is 10.9. The number of nitrogens with two attached hydrogens (primary N) is 1.